The zero-order chi connectivity index (χ0) is 19.2. The minimum Gasteiger partial charge on any atom is -0.483 e. The van der Waals surface area contributed by atoms with Crippen LogP contribution in [0.5, 0.6) is 5.75 Å². The average molecular weight is 402 g/mol. The summed E-state index contributed by atoms with van der Waals surface area (Å²) in [4.78, 5) is 28.4. The second-order valence-electron chi connectivity index (χ2n) is 5.62. The first-order valence-electron chi connectivity index (χ1n) is 8.01. The van der Waals surface area contributed by atoms with Crippen LogP contribution < -0.4 is 15.4 Å². The molecule has 0 spiro atoms. The molecule has 2 amide bonds. The van der Waals surface area contributed by atoms with Gasteiger partial charge in [0.2, 0.25) is 0 Å². The van der Waals surface area contributed by atoms with E-state index in [1.807, 2.05) is 6.92 Å². The lowest BCUT2D eigenvalue weighted by atomic mass is 10.2. The lowest BCUT2D eigenvalue weighted by Crippen LogP contribution is -2.21. The number of rotatable bonds is 6. The number of amides is 2. The Morgan fingerprint density at radius 2 is 2.04 bits per heavy atom. The van der Waals surface area contributed by atoms with Gasteiger partial charge in [0.25, 0.3) is 11.8 Å². The summed E-state index contributed by atoms with van der Waals surface area (Å²) in [6.45, 7) is 1.70. The SMILES string of the molecule is Cc1cc(Cl)ccc1OCC(=O)Nc1cccc(C(=O)Nc2nccs2)c1. The predicted octanol–water partition coefficient (Wildman–Crippen LogP) is 4.37. The molecule has 2 N–H and O–H groups in total. The monoisotopic (exact) mass is 401 g/mol. The third-order valence-electron chi connectivity index (χ3n) is 3.56. The Hall–Kier alpha value is -2.90. The number of benzene rings is 2. The maximum Gasteiger partial charge on any atom is 0.262 e. The molecule has 0 saturated heterocycles. The van der Waals surface area contributed by atoms with Crippen LogP contribution >= 0.6 is 22.9 Å². The molecule has 27 heavy (non-hydrogen) atoms. The van der Waals surface area contributed by atoms with E-state index in [9.17, 15) is 9.59 Å². The molecule has 0 radical (unpaired) electrons. The molecule has 0 atom stereocenters. The molecule has 138 valence electrons. The maximum absolute atomic E-state index is 12.2. The second-order valence-corrected chi connectivity index (χ2v) is 6.95. The number of aryl methyl sites for hydroxylation is 1. The van der Waals surface area contributed by atoms with E-state index in [0.29, 0.717) is 27.2 Å². The van der Waals surface area contributed by atoms with Crippen molar-refractivity contribution in [3.05, 3.63) is 70.2 Å². The van der Waals surface area contributed by atoms with Crippen molar-refractivity contribution in [2.45, 2.75) is 6.92 Å². The Balaban J connectivity index is 1.58. The highest BCUT2D eigenvalue weighted by Crippen LogP contribution is 2.22. The van der Waals surface area contributed by atoms with Crippen molar-refractivity contribution in [2.24, 2.45) is 0 Å². The molecule has 0 fully saturated rings. The van der Waals surface area contributed by atoms with Crippen molar-refractivity contribution < 1.29 is 14.3 Å². The predicted molar refractivity (Wildman–Crippen MR) is 107 cm³/mol. The zero-order valence-electron chi connectivity index (χ0n) is 14.4. The first-order valence-corrected chi connectivity index (χ1v) is 9.27. The number of ether oxygens (including phenoxy) is 1. The molecule has 3 rings (SSSR count). The topological polar surface area (TPSA) is 80.3 Å². The quantitative estimate of drug-likeness (QED) is 0.642. The number of hydrogen-bond acceptors (Lipinski definition) is 5. The number of nitrogens with one attached hydrogen (secondary N) is 2. The molecule has 0 aliphatic heterocycles. The zero-order valence-corrected chi connectivity index (χ0v) is 15.9. The van der Waals surface area contributed by atoms with E-state index in [0.717, 1.165) is 5.56 Å². The molecule has 1 aromatic heterocycles. The molecule has 0 aliphatic carbocycles. The molecule has 3 aromatic rings. The molecular weight excluding hydrogens is 386 g/mol. The van der Waals surface area contributed by atoms with Crippen LogP contribution in [-0.2, 0) is 4.79 Å². The summed E-state index contributed by atoms with van der Waals surface area (Å²) in [5.74, 6) is -0.0398. The van der Waals surface area contributed by atoms with Crippen molar-refractivity contribution in [3.63, 3.8) is 0 Å². The van der Waals surface area contributed by atoms with Gasteiger partial charge in [-0.25, -0.2) is 4.98 Å². The van der Waals surface area contributed by atoms with Gasteiger partial charge in [0.15, 0.2) is 11.7 Å². The van der Waals surface area contributed by atoms with Gasteiger partial charge in [0, 0.05) is 27.9 Å². The summed E-state index contributed by atoms with van der Waals surface area (Å²) in [5.41, 5.74) is 1.76. The highest BCUT2D eigenvalue weighted by atomic mass is 35.5. The van der Waals surface area contributed by atoms with E-state index >= 15 is 0 Å². The van der Waals surface area contributed by atoms with Crippen molar-refractivity contribution in [1.29, 1.82) is 0 Å². The van der Waals surface area contributed by atoms with Crippen LogP contribution in [0.1, 0.15) is 15.9 Å². The Kier molecular flexibility index (Phi) is 6.05. The van der Waals surface area contributed by atoms with Crippen LogP contribution in [0.25, 0.3) is 0 Å². The summed E-state index contributed by atoms with van der Waals surface area (Å²) in [6.07, 6.45) is 1.61. The van der Waals surface area contributed by atoms with Crippen LogP contribution in [0.15, 0.2) is 54.0 Å². The molecule has 0 unspecified atom stereocenters. The molecular formula is C19H16ClN3O3S. The first kappa shape index (κ1) is 18.9. The number of aromatic nitrogens is 1. The molecule has 0 saturated carbocycles. The Labute approximate surface area is 165 Å². The third-order valence-corrected chi connectivity index (χ3v) is 4.48. The minimum atomic E-state index is -0.332. The van der Waals surface area contributed by atoms with Crippen molar-refractivity contribution in [2.75, 3.05) is 17.2 Å². The van der Waals surface area contributed by atoms with Crippen molar-refractivity contribution in [1.82, 2.24) is 4.98 Å². The van der Waals surface area contributed by atoms with Gasteiger partial charge in [-0.1, -0.05) is 17.7 Å². The maximum atomic E-state index is 12.2. The largest absolute Gasteiger partial charge is 0.483 e. The van der Waals surface area contributed by atoms with Gasteiger partial charge in [0.05, 0.1) is 0 Å². The highest BCUT2D eigenvalue weighted by molar-refractivity contribution is 7.13. The Morgan fingerprint density at radius 1 is 1.19 bits per heavy atom. The van der Waals surface area contributed by atoms with Gasteiger partial charge < -0.3 is 10.1 Å². The minimum absolute atomic E-state index is 0.155. The lowest BCUT2D eigenvalue weighted by molar-refractivity contribution is -0.118. The summed E-state index contributed by atoms with van der Waals surface area (Å²) in [5, 5.41) is 8.31. The number of hydrogen-bond donors (Lipinski definition) is 2. The van der Waals surface area contributed by atoms with Crippen LogP contribution in [0.4, 0.5) is 10.8 Å². The van der Waals surface area contributed by atoms with E-state index in [-0.39, 0.29) is 18.4 Å². The van der Waals surface area contributed by atoms with Crippen LogP contribution in [0, 0.1) is 6.92 Å². The smallest absolute Gasteiger partial charge is 0.262 e. The van der Waals surface area contributed by atoms with Gasteiger partial charge in [-0.05, 0) is 48.9 Å². The molecule has 0 bridgehead atoms. The number of anilines is 2. The number of carbonyl (C=O) groups excluding carboxylic acids is 2. The summed E-state index contributed by atoms with van der Waals surface area (Å²) in [6, 6.07) is 11.8. The van der Waals surface area contributed by atoms with Gasteiger partial charge in [-0.15, -0.1) is 11.3 Å². The van der Waals surface area contributed by atoms with Gasteiger partial charge in [-0.3, -0.25) is 14.9 Å². The highest BCUT2D eigenvalue weighted by Gasteiger charge is 2.10. The summed E-state index contributed by atoms with van der Waals surface area (Å²) in [7, 11) is 0. The molecule has 2 aromatic carbocycles. The Morgan fingerprint density at radius 3 is 2.78 bits per heavy atom. The van der Waals surface area contributed by atoms with Crippen molar-refractivity contribution >= 4 is 45.6 Å². The summed E-state index contributed by atoms with van der Waals surface area (Å²) < 4.78 is 5.52. The van der Waals surface area contributed by atoms with Crippen LogP contribution in [0.2, 0.25) is 5.02 Å². The van der Waals surface area contributed by atoms with E-state index in [4.69, 9.17) is 16.3 Å². The first-order chi connectivity index (χ1) is 13.0. The third kappa shape index (κ3) is 5.29. The van der Waals surface area contributed by atoms with Gasteiger partial charge >= 0.3 is 0 Å². The fraction of sp³-hybridized carbons (Fsp3) is 0.105. The fourth-order valence-electron chi connectivity index (χ4n) is 2.31. The average Bonchev–Trinajstić information content (AvgIpc) is 3.14. The van der Waals surface area contributed by atoms with Crippen LogP contribution in [-0.4, -0.2) is 23.4 Å². The molecule has 1 heterocycles. The Bertz CT molecular complexity index is 961. The summed E-state index contributed by atoms with van der Waals surface area (Å²) >= 11 is 7.23. The number of nitrogens with zero attached hydrogens (tertiary/aromatic N) is 1. The normalized spacial score (nSPS) is 10.3. The van der Waals surface area contributed by atoms with Crippen LogP contribution in [0.3, 0.4) is 0 Å². The standard InChI is InChI=1S/C19H16ClN3O3S/c1-12-9-14(20)5-6-16(12)26-11-17(24)22-15-4-2-3-13(10-15)18(25)23-19-21-7-8-27-19/h2-10H,11H2,1H3,(H,22,24)(H,21,23,25). The fourth-order valence-corrected chi connectivity index (χ4v) is 3.06. The lowest BCUT2D eigenvalue weighted by Gasteiger charge is -2.10. The van der Waals surface area contributed by atoms with Gasteiger partial charge in [0.1, 0.15) is 5.75 Å². The van der Waals surface area contributed by atoms with E-state index in [1.54, 1.807) is 54.0 Å². The van der Waals surface area contributed by atoms with Crippen molar-refractivity contribution in [3.8, 4) is 5.75 Å². The van der Waals surface area contributed by atoms with Gasteiger partial charge in [-0.2, -0.15) is 0 Å². The van der Waals surface area contributed by atoms with E-state index in [2.05, 4.69) is 15.6 Å². The molecule has 0 aliphatic rings. The second kappa shape index (κ2) is 8.66. The molecule has 8 heteroatoms. The number of thiazole rings is 1. The molecule has 6 nitrogen and oxygen atoms in total. The van der Waals surface area contributed by atoms with E-state index < -0.39 is 0 Å². The number of carbonyl (C=O) groups is 2. The number of halogens is 1. The van der Waals surface area contributed by atoms with E-state index in [1.165, 1.54) is 11.3 Å².